The number of carboxylic acid groups (broad SMARTS) is 1. The highest BCUT2D eigenvalue weighted by molar-refractivity contribution is 7.13. The summed E-state index contributed by atoms with van der Waals surface area (Å²) in [5.41, 5.74) is 0.722. The molecule has 2 aliphatic rings. The summed E-state index contributed by atoms with van der Waals surface area (Å²) in [6, 6.07) is 0. The first kappa shape index (κ1) is 11.2. The van der Waals surface area contributed by atoms with E-state index in [0.29, 0.717) is 23.3 Å². The van der Waals surface area contributed by atoms with Crippen LogP contribution in [0.2, 0.25) is 0 Å². The summed E-state index contributed by atoms with van der Waals surface area (Å²) >= 11 is 1.34. The maximum atomic E-state index is 11.1. The number of aromatic nitrogens is 1. The largest absolute Gasteiger partial charge is 0.477 e. The summed E-state index contributed by atoms with van der Waals surface area (Å²) in [5, 5.41) is 10.1. The molecule has 1 N–H and O–H groups in total. The minimum atomic E-state index is -0.852. The van der Waals surface area contributed by atoms with E-state index in [1.165, 1.54) is 11.3 Å². The van der Waals surface area contributed by atoms with Gasteiger partial charge in [-0.05, 0) is 25.7 Å². The lowest BCUT2D eigenvalue weighted by Crippen LogP contribution is -2.14. The van der Waals surface area contributed by atoms with Gasteiger partial charge < -0.3 is 9.84 Å². The molecule has 2 fully saturated rings. The Labute approximate surface area is 104 Å². The smallest absolute Gasteiger partial charge is 0.347 e. The molecule has 1 aromatic heterocycles. The number of hydrogen-bond donors (Lipinski definition) is 1. The van der Waals surface area contributed by atoms with Gasteiger partial charge in [0, 0.05) is 5.92 Å². The van der Waals surface area contributed by atoms with E-state index in [0.717, 1.165) is 30.0 Å². The Kier molecular flexibility index (Phi) is 2.67. The van der Waals surface area contributed by atoms with Crippen molar-refractivity contribution in [2.24, 2.45) is 0 Å². The van der Waals surface area contributed by atoms with Crippen LogP contribution in [0.25, 0.3) is 0 Å². The van der Waals surface area contributed by atoms with E-state index < -0.39 is 5.97 Å². The van der Waals surface area contributed by atoms with Crippen LogP contribution in [0.1, 0.15) is 52.5 Å². The number of nitrogens with zero attached hydrogens (tertiary/aromatic N) is 1. The second-order valence-electron chi connectivity index (χ2n) is 4.70. The van der Waals surface area contributed by atoms with E-state index in [-0.39, 0.29) is 6.10 Å². The van der Waals surface area contributed by atoms with Crippen LogP contribution in [0.5, 0.6) is 0 Å². The van der Waals surface area contributed by atoms with E-state index >= 15 is 0 Å². The third kappa shape index (κ3) is 1.77. The zero-order valence-electron chi connectivity index (χ0n) is 9.68. The summed E-state index contributed by atoms with van der Waals surface area (Å²) in [4.78, 5) is 16.0. The van der Waals surface area contributed by atoms with Crippen LogP contribution in [0.15, 0.2) is 0 Å². The Morgan fingerprint density at radius 1 is 1.59 bits per heavy atom. The Hall–Kier alpha value is -0.940. The fourth-order valence-electron chi connectivity index (χ4n) is 2.83. The molecule has 2 saturated heterocycles. The van der Waals surface area contributed by atoms with E-state index in [9.17, 15) is 4.79 Å². The predicted molar refractivity (Wildman–Crippen MR) is 63.7 cm³/mol. The molecule has 3 heterocycles. The van der Waals surface area contributed by atoms with Crippen LogP contribution in [0.3, 0.4) is 0 Å². The Morgan fingerprint density at radius 3 is 2.88 bits per heavy atom. The molecule has 17 heavy (non-hydrogen) atoms. The first-order chi connectivity index (χ1) is 8.19. The Morgan fingerprint density at radius 2 is 2.41 bits per heavy atom. The number of hydrogen-bond acceptors (Lipinski definition) is 4. The first-order valence-electron chi connectivity index (χ1n) is 6.07. The molecule has 0 aliphatic carbocycles. The second kappa shape index (κ2) is 4.07. The minimum Gasteiger partial charge on any atom is -0.477 e. The number of aryl methyl sites for hydroxylation is 1. The van der Waals surface area contributed by atoms with Crippen LogP contribution in [0.4, 0.5) is 0 Å². The highest BCUT2D eigenvalue weighted by atomic mass is 32.1. The van der Waals surface area contributed by atoms with Crippen LogP contribution in [-0.2, 0) is 11.2 Å². The lowest BCUT2D eigenvalue weighted by Gasteiger charge is -2.15. The topological polar surface area (TPSA) is 59.4 Å². The van der Waals surface area contributed by atoms with E-state index in [1.54, 1.807) is 0 Å². The van der Waals surface area contributed by atoms with Gasteiger partial charge >= 0.3 is 5.97 Å². The lowest BCUT2D eigenvalue weighted by atomic mass is 9.90. The van der Waals surface area contributed by atoms with E-state index in [4.69, 9.17) is 9.84 Å². The van der Waals surface area contributed by atoms with Crippen molar-refractivity contribution >= 4 is 17.3 Å². The van der Waals surface area contributed by atoms with Crippen LogP contribution in [0, 0.1) is 0 Å². The number of fused-ring (bicyclic) bond motifs is 2. The molecular formula is C12H15NO3S. The summed E-state index contributed by atoms with van der Waals surface area (Å²) in [5.74, 6) is -0.521. The molecule has 0 saturated carbocycles. The van der Waals surface area contributed by atoms with Gasteiger partial charge in [0.25, 0.3) is 0 Å². The van der Waals surface area contributed by atoms with Crippen molar-refractivity contribution in [1.82, 2.24) is 4.98 Å². The number of carbonyl (C=O) groups is 1. The van der Waals surface area contributed by atoms with Crippen molar-refractivity contribution in [2.75, 3.05) is 0 Å². The summed E-state index contributed by atoms with van der Waals surface area (Å²) in [6.45, 7) is 1.95. The normalized spacial score (nSPS) is 31.0. The highest BCUT2D eigenvalue weighted by Gasteiger charge is 2.43. The van der Waals surface area contributed by atoms with Crippen molar-refractivity contribution in [3.05, 3.63) is 15.6 Å². The first-order valence-corrected chi connectivity index (χ1v) is 6.89. The average molecular weight is 253 g/mol. The molecule has 3 rings (SSSR count). The molecule has 0 spiro atoms. The standard InChI is InChI=1S/C12H15NO3S/c1-2-8-10(12(14)15)17-11(13-8)7-5-6-3-4-9(7)16-6/h6-7,9H,2-5H2,1H3,(H,14,15). The maximum absolute atomic E-state index is 11.1. The maximum Gasteiger partial charge on any atom is 0.347 e. The summed E-state index contributed by atoms with van der Waals surface area (Å²) < 4.78 is 5.80. The molecule has 2 aliphatic heterocycles. The molecule has 1 aromatic rings. The molecule has 3 unspecified atom stereocenters. The van der Waals surface area contributed by atoms with Crippen molar-refractivity contribution < 1.29 is 14.6 Å². The average Bonchev–Trinajstić information content (AvgIpc) is 3.02. The van der Waals surface area contributed by atoms with Crippen molar-refractivity contribution in [3.63, 3.8) is 0 Å². The van der Waals surface area contributed by atoms with E-state index in [2.05, 4.69) is 4.98 Å². The molecule has 92 valence electrons. The molecule has 2 bridgehead atoms. The third-order valence-electron chi connectivity index (χ3n) is 3.67. The van der Waals surface area contributed by atoms with Gasteiger partial charge in [0.2, 0.25) is 0 Å². The molecule has 0 aromatic carbocycles. The number of ether oxygens (including phenoxy) is 1. The molecule has 0 radical (unpaired) electrons. The van der Waals surface area contributed by atoms with Gasteiger partial charge in [-0.25, -0.2) is 9.78 Å². The molecule has 5 heteroatoms. The SMILES string of the molecule is CCc1nc(C2CC3CCC2O3)sc1C(=O)O. The summed E-state index contributed by atoms with van der Waals surface area (Å²) in [7, 11) is 0. The van der Waals surface area contributed by atoms with Crippen molar-refractivity contribution in [2.45, 2.75) is 50.7 Å². The van der Waals surface area contributed by atoms with Gasteiger partial charge in [0.15, 0.2) is 0 Å². The van der Waals surface area contributed by atoms with Gasteiger partial charge in [0.1, 0.15) is 4.88 Å². The Balaban J connectivity index is 1.91. The van der Waals surface area contributed by atoms with Crippen molar-refractivity contribution in [3.8, 4) is 0 Å². The number of aromatic carboxylic acids is 1. The zero-order valence-corrected chi connectivity index (χ0v) is 10.5. The van der Waals surface area contributed by atoms with Gasteiger partial charge in [-0.15, -0.1) is 11.3 Å². The van der Waals surface area contributed by atoms with Gasteiger partial charge in [-0.2, -0.15) is 0 Å². The Bertz CT molecular complexity index is 457. The predicted octanol–water partition coefficient (Wildman–Crippen LogP) is 2.44. The van der Waals surface area contributed by atoms with Crippen molar-refractivity contribution in [1.29, 1.82) is 0 Å². The fraction of sp³-hybridized carbons (Fsp3) is 0.667. The number of carboxylic acids is 1. The second-order valence-corrected chi connectivity index (χ2v) is 5.73. The summed E-state index contributed by atoms with van der Waals surface area (Å²) in [6.07, 6.45) is 4.60. The van der Waals surface area contributed by atoms with Crippen LogP contribution in [-0.4, -0.2) is 28.3 Å². The molecule has 4 nitrogen and oxygen atoms in total. The fourth-order valence-corrected chi connectivity index (χ4v) is 3.99. The minimum absolute atomic E-state index is 0.275. The molecule has 0 amide bonds. The van der Waals surface area contributed by atoms with Crippen LogP contribution < -0.4 is 0 Å². The zero-order chi connectivity index (χ0) is 12.0. The quantitative estimate of drug-likeness (QED) is 0.898. The molecular weight excluding hydrogens is 238 g/mol. The monoisotopic (exact) mass is 253 g/mol. The number of rotatable bonds is 3. The van der Waals surface area contributed by atoms with E-state index in [1.807, 2.05) is 6.92 Å². The lowest BCUT2D eigenvalue weighted by molar-refractivity contribution is 0.0700. The van der Waals surface area contributed by atoms with Gasteiger partial charge in [-0.1, -0.05) is 6.92 Å². The number of thiazole rings is 1. The third-order valence-corrected chi connectivity index (χ3v) is 4.88. The highest BCUT2D eigenvalue weighted by Crippen LogP contribution is 2.45. The molecule has 3 atom stereocenters. The van der Waals surface area contributed by atoms with Crippen LogP contribution >= 0.6 is 11.3 Å². The van der Waals surface area contributed by atoms with Gasteiger partial charge in [-0.3, -0.25) is 0 Å². The van der Waals surface area contributed by atoms with Gasteiger partial charge in [0.05, 0.1) is 22.9 Å².